The molecular weight excluding hydrogens is 248 g/mol. The SMILES string of the molecule is COC1(C(O)CC2Cc3ccccc32)CCCC(C)C1. The normalized spacial score (nSPS) is 34.1. The smallest absolute Gasteiger partial charge is 0.0939 e. The lowest BCUT2D eigenvalue weighted by Gasteiger charge is -2.44. The van der Waals surface area contributed by atoms with Gasteiger partial charge in [-0.15, -0.1) is 0 Å². The van der Waals surface area contributed by atoms with Crippen LogP contribution >= 0.6 is 0 Å². The highest BCUT2D eigenvalue weighted by Crippen LogP contribution is 2.43. The zero-order valence-electron chi connectivity index (χ0n) is 12.6. The fourth-order valence-electron chi connectivity index (χ4n) is 4.23. The first kappa shape index (κ1) is 14.1. The number of hydrogen-bond donors (Lipinski definition) is 1. The fourth-order valence-corrected chi connectivity index (χ4v) is 4.23. The lowest BCUT2D eigenvalue weighted by atomic mass is 9.69. The van der Waals surface area contributed by atoms with Gasteiger partial charge in [0.05, 0.1) is 11.7 Å². The van der Waals surface area contributed by atoms with Gasteiger partial charge >= 0.3 is 0 Å². The van der Waals surface area contributed by atoms with Crippen molar-refractivity contribution in [1.82, 2.24) is 0 Å². The Hall–Kier alpha value is -0.860. The Labute approximate surface area is 122 Å². The molecule has 1 aromatic rings. The molecule has 2 nitrogen and oxygen atoms in total. The predicted octanol–water partition coefficient (Wildman–Crippen LogP) is 3.67. The molecule has 2 aliphatic rings. The summed E-state index contributed by atoms with van der Waals surface area (Å²) in [6.45, 7) is 2.28. The monoisotopic (exact) mass is 274 g/mol. The van der Waals surface area contributed by atoms with Gasteiger partial charge in [-0.05, 0) is 48.6 Å². The van der Waals surface area contributed by atoms with Gasteiger partial charge in [-0.1, -0.05) is 44.0 Å². The predicted molar refractivity (Wildman–Crippen MR) is 80.9 cm³/mol. The van der Waals surface area contributed by atoms with E-state index in [4.69, 9.17) is 4.74 Å². The molecule has 1 aromatic carbocycles. The molecule has 4 unspecified atom stereocenters. The van der Waals surface area contributed by atoms with Gasteiger partial charge in [0.25, 0.3) is 0 Å². The minimum Gasteiger partial charge on any atom is -0.390 e. The zero-order valence-corrected chi connectivity index (χ0v) is 12.6. The maximum Gasteiger partial charge on any atom is 0.0939 e. The quantitative estimate of drug-likeness (QED) is 0.907. The minimum atomic E-state index is -0.339. The second-order valence-corrected chi connectivity index (χ2v) is 6.82. The van der Waals surface area contributed by atoms with Crippen LogP contribution in [0.15, 0.2) is 24.3 Å². The Kier molecular flexibility index (Phi) is 3.87. The topological polar surface area (TPSA) is 29.5 Å². The van der Waals surface area contributed by atoms with E-state index in [2.05, 4.69) is 31.2 Å². The molecule has 1 fully saturated rings. The van der Waals surface area contributed by atoms with E-state index in [0.717, 1.165) is 25.7 Å². The van der Waals surface area contributed by atoms with Gasteiger partial charge in [-0.25, -0.2) is 0 Å². The van der Waals surface area contributed by atoms with E-state index in [1.54, 1.807) is 7.11 Å². The van der Waals surface area contributed by atoms with Crippen molar-refractivity contribution in [2.75, 3.05) is 7.11 Å². The van der Waals surface area contributed by atoms with Gasteiger partial charge in [0, 0.05) is 7.11 Å². The number of fused-ring (bicyclic) bond motifs is 1. The molecule has 0 aliphatic heterocycles. The van der Waals surface area contributed by atoms with Crippen LogP contribution < -0.4 is 0 Å². The summed E-state index contributed by atoms with van der Waals surface area (Å²) in [7, 11) is 1.77. The maximum absolute atomic E-state index is 10.8. The first-order valence-electron chi connectivity index (χ1n) is 7.95. The molecule has 0 saturated heterocycles. The maximum atomic E-state index is 10.8. The lowest BCUT2D eigenvalue weighted by Crippen LogP contribution is -2.48. The van der Waals surface area contributed by atoms with Gasteiger partial charge in [0.15, 0.2) is 0 Å². The van der Waals surface area contributed by atoms with Crippen molar-refractivity contribution in [3.63, 3.8) is 0 Å². The van der Waals surface area contributed by atoms with E-state index in [9.17, 15) is 5.11 Å². The molecule has 0 amide bonds. The molecule has 1 N–H and O–H groups in total. The van der Waals surface area contributed by atoms with Crippen LogP contribution in [0.3, 0.4) is 0 Å². The number of ether oxygens (including phenoxy) is 1. The molecule has 0 spiro atoms. The summed E-state index contributed by atoms with van der Waals surface area (Å²) in [5.41, 5.74) is 2.58. The molecule has 2 heteroatoms. The summed E-state index contributed by atoms with van der Waals surface area (Å²) in [5, 5.41) is 10.8. The van der Waals surface area contributed by atoms with E-state index in [-0.39, 0.29) is 11.7 Å². The average Bonchev–Trinajstić information content (AvgIpc) is 2.44. The van der Waals surface area contributed by atoms with Crippen molar-refractivity contribution in [1.29, 1.82) is 0 Å². The van der Waals surface area contributed by atoms with Gasteiger partial charge in [0.1, 0.15) is 0 Å². The third-order valence-electron chi connectivity index (χ3n) is 5.47. The summed E-state index contributed by atoms with van der Waals surface area (Å²) < 4.78 is 5.82. The van der Waals surface area contributed by atoms with E-state index < -0.39 is 0 Å². The summed E-state index contributed by atoms with van der Waals surface area (Å²) >= 11 is 0. The highest BCUT2D eigenvalue weighted by Gasteiger charge is 2.43. The first-order chi connectivity index (χ1) is 9.64. The Balaban J connectivity index is 1.68. The third-order valence-corrected chi connectivity index (χ3v) is 5.47. The Bertz CT molecular complexity index is 470. The highest BCUT2D eigenvalue weighted by molar-refractivity contribution is 5.40. The van der Waals surface area contributed by atoms with E-state index in [1.165, 1.54) is 24.0 Å². The number of aliphatic hydroxyl groups is 1. The first-order valence-corrected chi connectivity index (χ1v) is 7.95. The van der Waals surface area contributed by atoms with E-state index >= 15 is 0 Å². The molecule has 3 rings (SSSR count). The van der Waals surface area contributed by atoms with E-state index in [1.807, 2.05) is 0 Å². The van der Waals surface area contributed by atoms with Crippen LogP contribution in [-0.2, 0) is 11.2 Å². The second kappa shape index (κ2) is 5.50. The lowest BCUT2D eigenvalue weighted by molar-refractivity contribution is -0.135. The Morgan fingerprint density at radius 1 is 1.40 bits per heavy atom. The zero-order chi connectivity index (χ0) is 14.2. The van der Waals surface area contributed by atoms with Crippen LogP contribution in [0.4, 0.5) is 0 Å². The fraction of sp³-hybridized carbons (Fsp3) is 0.667. The van der Waals surface area contributed by atoms with Crippen LogP contribution in [-0.4, -0.2) is 23.9 Å². The summed E-state index contributed by atoms with van der Waals surface area (Å²) in [5.74, 6) is 1.18. The number of benzene rings is 1. The largest absolute Gasteiger partial charge is 0.390 e. The van der Waals surface area contributed by atoms with Gasteiger partial charge in [-0.3, -0.25) is 0 Å². The van der Waals surface area contributed by atoms with Crippen LogP contribution in [0, 0.1) is 5.92 Å². The van der Waals surface area contributed by atoms with Crippen molar-refractivity contribution in [2.24, 2.45) is 5.92 Å². The summed E-state index contributed by atoms with van der Waals surface area (Å²) in [4.78, 5) is 0. The molecule has 2 aliphatic carbocycles. The summed E-state index contributed by atoms with van der Waals surface area (Å²) in [6.07, 6.45) is 6.06. The molecule has 0 heterocycles. The molecule has 110 valence electrons. The highest BCUT2D eigenvalue weighted by atomic mass is 16.5. The molecule has 0 aromatic heterocycles. The molecule has 4 atom stereocenters. The van der Waals surface area contributed by atoms with Crippen LogP contribution in [0.1, 0.15) is 56.1 Å². The molecule has 0 radical (unpaired) electrons. The van der Waals surface area contributed by atoms with Crippen LogP contribution in [0.5, 0.6) is 0 Å². The van der Waals surface area contributed by atoms with Gasteiger partial charge in [0.2, 0.25) is 0 Å². The average molecular weight is 274 g/mol. The number of hydrogen-bond acceptors (Lipinski definition) is 2. The third kappa shape index (κ3) is 2.40. The molecule has 0 bridgehead atoms. The molecule has 1 saturated carbocycles. The van der Waals surface area contributed by atoms with Crippen molar-refractivity contribution in [3.05, 3.63) is 35.4 Å². The van der Waals surface area contributed by atoms with Gasteiger partial charge < -0.3 is 9.84 Å². The Morgan fingerprint density at radius 2 is 2.20 bits per heavy atom. The number of aliphatic hydroxyl groups excluding tert-OH is 1. The minimum absolute atomic E-state index is 0.303. The van der Waals surface area contributed by atoms with Crippen molar-refractivity contribution in [2.45, 2.75) is 63.1 Å². The van der Waals surface area contributed by atoms with Crippen molar-refractivity contribution < 1.29 is 9.84 Å². The Morgan fingerprint density at radius 3 is 2.90 bits per heavy atom. The van der Waals surface area contributed by atoms with Crippen LogP contribution in [0.25, 0.3) is 0 Å². The van der Waals surface area contributed by atoms with Gasteiger partial charge in [-0.2, -0.15) is 0 Å². The molecular formula is C18H26O2. The van der Waals surface area contributed by atoms with Crippen molar-refractivity contribution >= 4 is 0 Å². The molecule has 20 heavy (non-hydrogen) atoms. The number of methoxy groups -OCH3 is 1. The summed E-state index contributed by atoms with van der Waals surface area (Å²) in [6, 6.07) is 8.61. The van der Waals surface area contributed by atoms with Crippen molar-refractivity contribution in [3.8, 4) is 0 Å². The van der Waals surface area contributed by atoms with Crippen LogP contribution in [0.2, 0.25) is 0 Å². The number of rotatable bonds is 4. The second-order valence-electron chi connectivity index (χ2n) is 6.82. The van der Waals surface area contributed by atoms with E-state index in [0.29, 0.717) is 11.8 Å². The standard InChI is InChI=1S/C18H26O2/c1-13-6-5-9-18(12-13,20-2)17(19)11-15-10-14-7-3-4-8-16(14)15/h3-4,7-8,13,15,17,19H,5-6,9-12H2,1-2H3.